The van der Waals surface area contributed by atoms with Crippen molar-refractivity contribution in [2.24, 2.45) is 0 Å². The molecular formula is C19H23N7O. The molecule has 3 heterocycles. The van der Waals surface area contributed by atoms with E-state index in [9.17, 15) is 4.79 Å². The number of rotatable bonds is 5. The molecule has 8 heteroatoms. The zero-order chi connectivity index (χ0) is 19.2. The van der Waals surface area contributed by atoms with Crippen molar-refractivity contribution < 1.29 is 4.79 Å². The Kier molecular flexibility index (Phi) is 3.98. The minimum Gasteiger partial charge on any atom is -0.354 e. The third-order valence-electron chi connectivity index (χ3n) is 5.06. The van der Waals surface area contributed by atoms with E-state index in [2.05, 4.69) is 44.4 Å². The lowest BCUT2D eigenvalue weighted by Gasteiger charge is -2.19. The molecule has 0 atom stereocenters. The largest absolute Gasteiger partial charge is 0.354 e. The van der Waals surface area contributed by atoms with Crippen LogP contribution >= 0.6 is 0 Å². The molecule has 0 saturated heterocycles. The molecule has 1 aliphatic heterocycles. The Morgan fingerprint density at radius 1 is 1.26 bits per heavy atom. The number of hydrogen-bond acceptors (Lipinski definition) is 6. The highest BCUT2D eigenvalue weighted by Gasteiger charge is 2.38. The van der Waals surface area contributed by atoms with Gasteiger partial charge in [0.15, 0.2) is 11.5 Å². The van der Waals surface area contributed by atoms with Gasteiger partial charge in [-0.25, -0.2) is 9.50 Å². The first-order chi connectivity index (χ1) is 12.9. The second-order valence-corrected chi connectivity index (χ2v) is 7.09. The van der Waals surface area contributed by atoms with E-state index >= 15 is 0 Å². The van der Waals surface area contributed by atoms with Crippen molar-refractivity contribution in [3.05, 3.63) is 36.2 Å². The number of amides is 1. The van der Waals surface area contributed by atoms with Crippen molar-refractivity contribution in [1.82, 2.24) is 19.6 Å². The monoisotopic (exact) mass is 365 g/mol. The molecule has 140 valence electrons. The van der Waals surface area contributed by atoms with Crippen LogP contribution < -0.4 is 15.5 Å². The number of carbonyl (C=O) groups is 1. The molecule has 1 aliphatic rings. The normalized spacial score (nSPS) is 14.9. The number of carbonyl (C=O) groups excluding carboxylic acids is 1. The van der Waals surface area contributed by atoms with Gasteiger partial charge in [0.1, 0.15) is 0 Å². The van der Waals surface area contributed by atoms with Crippen molar-refractivity contribution in [3.8, 4) is 0 Å². The van der Waals surface area contributed by atoms with Crippen molar-refractivity contribution >= 4 is 34.7 Å². The van der Waals surface area contributed by atoms with Gasteiger partial charge in [0.2, 0.25) is 11.9 Å². The van der Waals surface area contributed by atoms with Crippen LogP contribution in [0.1, 0.15) is 33.3 Å². The molecule has 0 radical (unpaired) electrons. The van der Waals surface area contributed by atoms with Crippen LogP contribution in [0.2, 0.25) is 0 Å². The Bertz CT molecular complexity index is 1020. The number of hydrogen-bond donors (Lipinski definition) is 2. The minimum absolute atomic E-state index is 0.00967. The maximum Gasteiger partial charge on any atom is 0.247 e. The Morgan fingerprint density at radius 3 is 2.78 bits per heavy atom. The first kappa shape index (κ1) is 17.3. The van der Waals surface area contributed by atoms with Crippen LogP contribution in [0, 0.1) is 0 Å². The van der Waals surface area contributed by atoms with E-state index in [0.717, 1.165) is 35.8 Å². The quantitative estimate of drug-likeness (QED) is 0.723. The molecule has 1 aromatic carbocycles. The van der Waals surface area contributed by atoms with E-state index in [1.54, 1.807) is 16.9 Å². The molecule has 0 bridgehead atoms. The molecule has 0 spiro atoms. The highest BCUT2D eigenvalue weighted by atomic mass is 16.2. The smallest absolute Gasteiger partial charge is 0.247 e. The zero-order valence-corrected chi connectivity index (χ0v) is 15.9. The van der Waals surface area contributed by atoms with Gasteiger partial charge in [-0.15, -0.1) is 5.10 Å². The molecular weight excluding hydrogens is 342 g/mol. The van der Waals surface area contributed by atoms with Gasteiger partial charge in [0.25, 0.3) is 0 Å². The SMILES string of the molecule is CCN(CC)c1nccn2nc(Nc3ccc4c(c3)NC(=O)C4(C)C)nc12. The number of anilines is 4. The first-order valence-electron chi connectivity index (χ1n) is 9.13. The summed E-state index contributed by atoms with van der Waals surface area (Å²) < 4.78 is 1.72. The fraction of sp³-hybridized carbons (Fsp3) is 0.368. The van der Waals surface area contributed by atoms with Crippen molar-refractivity contribution in [2.45, 2.75) is 33.1 Å². The second-order valence-electron chi connectivity index (χ2n) is 7.09. The second kappa shape index (κ2) is 6.22. The van der Waals surface area contributed by atoms with Crippen molar-refractivity contribution in [1.29, 1.82) is 0 Å². The van der Waals surface area contributed by atoms with Gasteiger partial charge in [0.05, 0.1) is 5.41 Å². The molecule has 0 unspecified atom stereocenters. The summed E-state index contributed by atoms with van der Waals surface area (Å²) in [5.74, 6) is 1.31. The molecule has 4 rings (SSSR count). The summed E-state index contributed by atoms with van der Waals surface area (Å²) >= 11 is 0. The predicted molar refractivity (Wildman–Crippen MR) is 106 cm³/mol. The van der Waals surface area contributed by atoms with Crippen molar-refractivity contribution in [3.63, 3.8) is 0 Å². The Labute approximate surface area is 157 Å². The summed E-state index contributed by atoms with van der Waals surface area (Å²) in [4.78, 5) is 23.3. The van der Waals surface area contributed by atoms with Gasteiger partial charge in [-0.05, 0) is 45.4 Å². The molecule has 1 amide bonds. The van der Waals surface area contributed by atoms with E-state index in [4.69, 9.17) is 0 Å². The zero-order valence-electron chi connectivity index (χ0n) is 15.9. The fourth-order valence-corrected chi connectivity index (χ4v) is 3.40. The highest BCUT2D eigenvalue weighted by Crippen LogP contribution is 2.38. The number of nitrogens with one attached hydrogen (secondary N) is 2. The molecule has 0 fully saturated rings. The molecule has 0 saturated carbocycles. The molecule has 2 N–H and O–H groups in total. The topological polar surface area (TPSA) is 87.5 Å². The standard InChI is InChI=1S/C19H23N7O/c1-5-25(6-2)15-16-23-18(24-26(16)10-9-20-15)21-12-7-8-13-14(11-12)22-17(27)19(13,3)4/h7-11H,5-6H2,1-4H3,(H,21,24)(H,22,27). The van der Waals surface area contributed by atoms with Crippen molar-refractivity contribution in [2.75, 3.05) is 28.6 Å². The number of nitrogens with zero attached hydrogens (tertiary/aromatic N) is 5. The summed E-state index contributed by atoms with van der Waals surface area (Å²) in [6.07, 6.45) is 3.51. The lowest BCUT2D eigenvalue weighted by molar-refractivity contribution is -0.119. The number of fused-ring (bicyclic) bond motifs is 2. The van der Waals surface area contributed by atoms with Crippen LogP contribution in [0.5, 0.6) is 0 Å². The first-order valence-corrected chi connectivity index (χ1v) is 9.13. The van der Waals surface area contributed by atoms with Gasteiger partial charge in [-0.1, -0.05) is 6.07 Å². The summed E-state index contributed by atoms with van der Waals surface area (Å²) in [7, 11) is 0. The van der Waals surface area contributed by atoms with Crippen LogP contribution in [-0.4, -0.2) is 38.6 Å². The van der Waals surface area contributed by atoms with Gasteiger partial charge in [-0.3, -0.25) is 4.79 Å². The number of benzene rings is 1. The van der Waals surface area contributed by atoms with Gasteiger partial charge in [0, 0.05) is 36.9 Å². The van der Waals surface area contributed by atoms with E-state index in [1.165, 1.54) is 0 Å². The van der Waals surface area contributed by atoms with E-state index in [-0.39, 0.29) is 5.91 Å². The average molecular weight is 365 g/mol. The van der Waals surface area contributed by atoms with E-state index < -0.39 is 5.41 Å². The summed E-state index contributed by atoms with van der Waals surface area (Å²) in [5.41, 5.74) is 2.83. The molecule has 2 aromatic heterocycles. The Morgan fingerprint density at radius 2 is 2.04 bits per heavy atom. The van der Waals surface area contributed by atoms with Crippen LogP contribution in [-0.2, 0) is 10.2 Å². The predicted octanol–water partition coefficient (Wildman–Crippen LogP) is 2.94. The Hall–Kier alpha value is -3.16. The van der Waals surface area contributed by atoms with E-state index in [1.807, 2.05) is 32.0 Å². The van der Waals surface area contributed by atoms with Gasteiger partial charge >= 0.3 is 0 Å². The van der Waals surface area contributed by atoms with E-state index in [0.29, 0.717) is 11.6 Å². The van der Waals surface area contributed by atoms with Crippen LogP contribution in [0.15, 0.2) is 30.6 Å². The van der Waals surface area contributed by atoms with Crippen LogP contribution in [0.4, 0.5) is 23.1 Å². The maximum absolute atomic E-state index is 12.1. The summed E-state index contributed by atoms with van der Waals surface area (Å²) in [6.45, 7) is 9.71. The summed E-state index contributed by atoms with van der Waals surface area (Å²) in [5, 5.41) is 10.7. The molecule has 0 aliphatic carbocycles. The maximum atomic E-state index is 12.1. The molecule has 27 heavy (non-hydrogen) atoms. The average Bonchev–Trinajstić information content (AvgIpc) is 3.14. The Balaban J connectivity index is 1.66. The van der Waals surface area contributed by atoms with Crippen LogP contribution in [0.3, 0.4) is 0 Å². The van der Waals surface area contributed by atoms with Gasteiger partial charge < -0.3 is 15.5 Å². The molecule has 8 nitrogen and oxygen atoms in total. The third-order valence-corrected chi connectivity index (χ3v) is 5.06. The third kappa shape index (κ3) is 2.77. The molecule has 3 aromatic rings. The minimum atomic E-state index is -0.514. The lowest BCUT2D eigenvalue weighted by Crippen LogP contribution is -2.26. The van der Waals surface area contributed by atoms with Gasteiger partial charge in [-0.2, -0.15) is 4.98 Å². The van der Waals surface area contributed by atoms with Crippen LogP contribution in [0.25, 0.3) is 5.65 Å². The fourth-order valence-electron chi connectivity index (χ4n) is 3.40. The lowest BCUT2D eigenvalue weighted by atomic mass is 9.86. The summed E-state index contributed by atoms with van der Waals surface area (Å²) in [6, 6.07) is 5.82. The highest BCUT2D eigenvalue weighted by molar-refractivity contribution is 6.06. The number of aromatic nitrogens is 4.